The molecule has 0 unspecified atom stereocenters. The van der Waals surface area contributed by atoms with Gasteiger partial charge in [0.25, 0.3) is 5.56 Å². The predicted octanol–water partition coefficient (Wildman–Crippen LogP) is 1.92. The van der Waals surface area contributed by atoms with E-state index in [9.17, 15) is 4.79 Å². The van der Waals surface area contributed by atoms with Crippen molar-refractivity contribution in [2.75, 3.05) is 18.0 Å². The van der Waals surface area contributed by atoms with Crippen LogP contribution in [0.2, 0.25) is 0 Å². The van der Waals surface area contributed by atoms with Crippen molar-refractivity contribution in [1.82, 2.24) is 9.55 Å². The normalized spacial score (nSPS) is 16.2. The number of benzene rings is 1. The van der Waals surface area contributed by atoms with E-state index in [4.69, 9.17) is 5.73 Å². The standard InChI is InChI=1S/C15H17BrN4O/c16-11-1-3-13(4-2-11)20-10-7-18-14(15(20)21)19-8-5-12(17)6-9-19/h1-4,7,10,12H,5-6,8-9,17H2. The summed E-state index contributed by atoms with van der Waals surface area (Å²) in [7, 11) is 0. The SMILES string of the molecule is NC1CCN(c2nccn(-c3ccc(Br)cc3)c2=O)CC1. The maximum Gasteiger partial charge on any atom is 0.298 e. The Kier molecular flexibility index (Phi) is 4.07. The largest absolute Gasteiger partial charge is 0.352 e. The number of hydrogen-bond donors (Lipinski definition) is 1. The van der Waals surface area contributed by atoms with Crippen LogP contribution in [0.3, 0.4) is 0 Å². The fourth-order valence-corrected chi connectivity index (χ4v) is 2.80. The van der Waals surface area contributed by atoms with Gasteiger partial charge < -0.3 is 10.6 Å². The van der Waals surface area contributed by atoms with Crippen molar-refractivity contribution in [2.24, 2.45) is 5.73 Å². The Morgan fingerprint density at radius 2 is 1.86 bits per heavy atom. The van der Waals surface area contributed by atoms with Crippen LogP contribution in [0.4, 0.5) is 5.82 Å². The van der Waals surface area contributed by atoms with Gasteiger partial charge in [0.15, 0.2) is 5.82 Å². The third kappa shape index (κ3) is 3.01. The lowest BCUT2D eigenvalue weighted by atomic mass is 10.1. The number of rotatable bonds is 2. The second kappa shape index (κ2) is 5.99. The minimum Gasteiger partial charge on any atom is -0.352 e. The van der Waals surface area contributed by atoms with Crippen LogP contribution in [-0.4, -0.2) is 28.7 Å². The average molecular weight is 349 g/mol. The van der Waals surface area contributed by atoms with E-state index in [1.807, 2.05) is 29.2 Å². The second-order valence-corrected chi connectivity index (χ2v) is 6.14. The van der Waals surface area contributed by atoms with E-state index in [-0.39, 0.29) is 11.6 Å². The Labute approximate surface area is 131 Å². The number of anilines is 1. The zero-order valence-electron chi connectivity index (χ0n) is 11.6. The summed E-state index contributed by atoms with van der Waals surface area (Å²) in [5.74, 6) is 0.507. The van der Waals surface area contributed by atoms with Crippen LogP contribution in [-0.2, 0) is 0 Å². The smallest absolute Gasteiger partial charge is 0.298 e. The molecule has 2 N–H and O–H groups in total. The monoisotopic (exact) mass is 348 g/mol. The van der Waals surface area contributed by atoms with Gasteiger partial charge >= 0.3 is 0 Å². The van der Waals surface area contributed by atoms with Gasteiger partial charge in [0.2, 0.25) is 0 Å². The lowest BCUT2D eigenvalue weighted by Crippen LogP contribution is -2.42. The number of aromatic nitrogens is 2. The van der Waals surface area contributed by atoms with E-state index in [2.05, 4.69) is 20.9 Å². The van der Waals surface area contributed by atoms with Gasteiger partial charge in [-0.1, -0.05) is 15.9 Å². The molecule has 1 aliphatic heterocycles. The molecule has 0 amide bonds. The van der Waals surface area contributed by atoms with Gasteiger partial charge in [0, 0.05) is 41.7 Å². The second-order valence-electron chi connectivity index (χ2n) is 5.23. The van der Waals surface area contributed by atoms with Gasteiger partial charge in [-0.05, 0) is 37.1 Å². The molecule has 2 aromatic rings. The van der Waals surface area contributed by atoms with Crippen molar-refractivity contribution in [3.63, 3.8) is 0 Å². The maximum atomic E-state index is 12.7. The molecular formula is C15H17BrN4O. The lowest BCUT2D eigenvalue weighted by molar-refractivity contribution is 0.497. The first-order valence-corrected chi connectivity index (χ1v) is 7.78. The van der Waals surface area contributed by atoms with Crippen LogP contribution in [0.1, 0.15) is 12.8 Å². The summed E-state index contributed by atoms with van der Waals surface area (Å²) in [6, 6.07) is 7.88. The third-order valence-corrected chi connectivity index (χ3v) is 4.30. The maximum absolute atomic E-state index is 12.7. The highest BCUT2D eigenvalue weighted by molar-refractivity contribution is 9.10. The quantitative estimate of drug-likeness (QED) is 0.900. The summed E-state index contributed by atoms with van der Waals surface area (Å²) in [4.78, 5) is 19.0. The van der Waals surface area contributed by atoms with Crippen LogP contribution in [0, 0.1) is 0 Å². The lowest BCUT2D eigenvalue weighted by Gasteiger charge is -2.30. The summed E-state index contributed by atoms with van der Waals surface area (Å²) in [5, 5.41) is 0. The highest BCUT2D eigenvalue weighted by atomic mass is 79.9. The highest BCUT2D eigenvalue weighted by Crippen LogP contribution is 2.16. The first-order valence-electron chi connectivity index (χ1n) is 6.99. The Hall–Kier alpha value is -1.66. The average Bonchev–Trinajstić information content (AvgIpc) is 2.50. The van der Waals surface area contributed by atoms with E-state index in [1.54, 1.807) is 17.0 Å². The molecule has 21 heavy (non-hydrogen) atoms. The van der Waals surface area contributed by atoms with Crippen molar-refractivity contribution in [3.8, 4) is 5.69 Å². The van der Waals surface area contributed by atoms with Gasteiger partial charge in [0.1, 0.15) is 0 Å². The van der Waals surface area contributed by atoms with E-state index in [1.165, 1.54) is 0 Å². The molecule has 0 atom stereocenters. The van der Waals surface area contributed by atoms with Crippen molar-refractivity contribution in [2.45, 2.75) is 18.9 Å². The summed E-state index contributed by atoms with van der Waals surface area (Å²) < 4.78 is 2.61. The Morgan fingerprint density at radius 1 is 1.19 bits per heavy atom. The fourth-order valence-electron chi connectivity index (χ4n) is 2.53. The zero-order valence-corrected chi connectivity index (χ0v) is 13.2. The van der Waals surface area contributed by atoms with Crippen molar-refractivity contribution < 1.29 is 0 Å². The summed E-state index contributed by atoms with van der Waals surface area (Å²) in [6.07, 6.45) is 5.17. The van der Waals surface area contributed by atoms with Gasteiger partial charge in [-0.2, -0.15) is 0 Å². The molecule has 1 fully saturated rings. The molecule has 6 heteroatoms. The summed E-state index contributed by atoms with van der Waals surface area (Å²) in [5.41, 5.74) is 6.66. The van der Waals surface area contributed by atoms with E-state index in [0.717, 1.165) is 36.1 Å². The van der Waals surface area contributed by atoms with Crippen LogP contribution in [0.25, 0.3) is 5.69 Å². The van der Waals surface area contributed by atoms with Crippen LogP contribution < -0.4 is 16.2 Å². The third-order valence-electron chi connectivity index (χ3n) is 3.77. The Bertz CT molecular complexity index is 675. The zero-order chi connectivity index (χ0) is 14.8. The summed E-state index contributed by atoms with van der Waals surface area (Å²) >= 11 is 3.40. The van der Waals surface area contributed by atoms with Crippen LogP contribution in [0.5, 0.6) is 0 Å². The Morgan fingerprint density at radius 3 is 2.52 bits per heavy atom. The molecule has 1 saturated heterocycles. The molecule has 3 rings (SSSR count). The van der Waals surface area contributed by atoms with Gasteiger partial charge in [-0.15, -0.1) is 0 Å². The van der Waals surface area contributed by atoms with Crippen LogP contribution >= 0.6 is 15.9 Å². The highest BCUT2D eigenvalue weighted by Gasteiger charge is 2.20. The number of nitrogens with zero attached hydrogens (tertiary/aromatic N) is 3. The summed E-state index contributed by atoms with van der Waals surface area (Å²) in [6.45, 7) is 1.57. The van der Waals surface area contributed by atoms with E-state index in [0.29, 0.717) is 5.82 Å². The number of halogens is 1. The predicted molar refractivity (Wildman–Crippen MR) is 87.0 cm³/mol. The molecule has 0 saturated carbocycles. The molecule has 0 radical (unpaired) electrons. The van der Waals surface area contributed by atoms with Crippen LogP contribution in [0.15, 0.2) is 45.9 Å². The molecular weight excluding hydrogens is 332 g/mol. The number of nitrogens with two attached hydrogens (primary N) is 1. The molecule has 2 heterocycles. The first-order chi connectivity index (χ1) is 10.1. The van der Waals surface area contributed by atoms with Crippen molar-refractivity contribution in [3.05, 3.63) is 51.5 Å². The number of hydrogen-bond acceptors (Lipinski definition) is 4. The minimum atomic E-state index is -0.0877. The van der Waals surface area contributed by atoms with Gasteiger partial charge in [0.05, 0.1) is 0 Å². The van der Waals surface area contributed by atoms with Gasteiger partial charge in [-0.25, -0.2) is 4.98 Å². The van der Waals surface area contributed by atoms with Gasteiger partial charge in [-0.3, -0.25) is 9.36 Å². The molecule has 0 bridgehead atoms. The molecule has 1 aromatic carbocycles. The van der Waals surface area contributed by atoms with Crippen molar-refractivity contribution in [1.29, 1.82) is 0 Å². The van der Waals surface area contributed by atoms with E-state index >= 15 is 0 Å². The number of piperidine rings is 1. The topological polar surface area (TPSA) is 64.2 Å². The van der Waals surface area contributed by atoms with E-state index < -0.39 is 0 Å². The molecule has 5 nitrogen and oxygen atoms in total. The molecule has 0 aliphatic carbocycles. The molecule has 0 spiro atoms. The molecule has 110 valence electrons. The van der Waals surface area contributed by atoms with Crippen molar-refractivity contribution >= 4 is 21.7 Å². The minimum absolute atomic E-state index is 0.0877. The first kappa shape index (κ1) is 14.3. The molecule has 1 aliphatic rings. The Balaban J connectivity index is 1.95. The fraction of sp³-hybridized carbons (Fsp3) is 0.333. The molecule has 1 aromatic heterocycles.